The summed E-state index contributed by atoms with van der Waals surface area (Å²) < 4.78 is 6.16. The molecule has 0 radical (unpaired) electrons. The van der Waals surface area contributed by atoms with Gasteiger partial charge in [-0.3, -0.25) is 4.79 Å². The van der Waals surface area contributed by atoms with Crippen molar-refractivity contribution in [2.24, 2.45) is 0 Å². The van der Waals surface area contributed by atoms with E-state index >= 15 is 0 Å². The second-order valence-electron chi connectivity index (χ2n) is 3.46. The number of halogens is 1. The van der Waals surface area contributed by atoms with Gasteiger partial charge in [0, 0.05) is 12.0 Å². The highest BCUT2D eigenvalue weighted by Crippen LogP contribution is 2.33. The molecule has 1 rings (SSSR count). The molecule has 3 nitrogen and oxygen atoms in total. The first-order valence-corrected chi connectivity index (χ1v) is 6.15. The van der Waals surface area contributed by atoms with E-state index in [9.17, 15) is 4.79 Å². The molecule has 16 heavy (non-hydrogen) atoms. The summed E-state index contributed by atoms with van der Waals surface area (Å²) in [4.78, 5) is 11.6. The Hall–Kier alpha value is -1.03. The quantitative estimate of drug-likeness (QED) is 0.666. The highest BCUT2D eigenvalue weighted by Gasteiger charge is 2.13. The normalized spacial score (nSPS) is 10.2. The molecule has 4 heteroatoms. The number of carbonyl (C=O) groups excluding carboxylic acids is 1. The number of nitrogen functional groups attached to an aromatic ring is 1. The van der Waals surface area contributed by atoms with Crippen molar-refractivity contribution in [3.8, 4) is 5.75 Å². The lowest BCUT2D eigenvalue weighted by molar-refractivity contribution is 0.0989. The maximum Gasteiger partial charge on any atom is 0.164 e. The van der Waals surface area contributed by atoms with E-state index in [1.165, 1.54) is 0 Å². The van der Waals surface area contributed by atoms with E-state index in [4.69, 9.17) is 10.5 Å². The molecule has 2 N–H and O–H groups in total. The van der Waals surface area contributed by atoms with Crippen LogP contribution in [-0.4, -0.2) is 12.4 Å². The Bertz CT molecular complexity index is 391. The molecule has 0 fully saturated rings. The number of ether oxygens (including phenoxy) is 1. The zero-order chi connectivity index (χ0) is 12.1. The van der Waals surface area contributed by atoms with Gasteiger partial charge in [-0.1, -0.05) is 13.8 Å². The molecule has 0 aliphatic carbocycles. The van der Waals surface area contributed by atoms with Crippen LogP contribution in [0.2, 0.25) is 0 Å². The Kier molecular flexibility index (Phi) is 4.80. The Morgan fingerprint density at radius 2 is 2.12 bits per heavy atom. The number of hydrogen-bond donors (Lipinski definition) is 1. The van der Waals surface area contributed by atoms with Gasteiger partial charge in [-0.05, 0) is 34.5 Å². The average Bonchev–Trinajstić information content (AvgIpc) is 2.30. The smallest absolute Gasteiger partial charge is 0.164 e. The summed E-state index contributed by atoms with van der Waals surface area (Å²) in [7, 11) is 0. The third-order valence-electron chi connectivity index (χ3n) is 2.23. The van der Waals surface area contributed by atoms with Crippen LogP contribution in [0.1, 0.15) is 37.0 Å². The zero-order valence-electron chi connectivity index (χ0n) is 9.55. The van der Waals surface area contributed by atoms with Gasteiger partial charge < -0.3 is 10.5 Å². The van der Waals surface area contributed by atoms with Crippen LogP contribution in [0.25, 0.3) is 0 Å². The first-order chi connectivity index (χ1) is 7.61. The maximum absolute atomic E-state index is 11.6. The highest BCUT2D eigenvalue weighted by molar-refractivity contribution is 9.10. The lowest BCUT2D eigenvalue weighted by Gasteiger charge is -2.11. The van der Waals surface area contributed by atoms with Gasteiger partial charge in [0.15, 0.2) is 5.78 Å². The van der Waals surface area contributed by atoms with Gasteiger partial charge in [0.1, 0.15) is 5.75 Å². The third-order valence-corrected chi connectivity index (χ3v) is 3.05. The summed E-state index contributed by atoms with van der Waals surface area (Å²) >= 11 is 3.36. The lowest BCUT2D eigenvalue weighted by atomic mass is 10.1. The predicted octanol–water partition coefficient (Wildman–Crippen LogP) is 3.41. The third kappa shape index (κ3) is 2.76. The zero-order valence-corrected chi connectivity index (χ0v) is 11.1. The summed E-state index contributed by atoms with van der Waals surface area (Å²) in [6.45, 7) is 4.49. The topological polar surface area (TPSA) is 52.3 Å². The minimum Gasteiger partial charge on any atom is -0.492 e. The molecule has 0 spiro atoms. The van der Waals surface area contributed by atoms with Gasteiger partial charge in [0.2, 0.25) is 0 Å². The molecule has 1 aromatic carbocycles. The molecule has 0 saturated heterocycles. The monoisotopic (exact) mass is 285 g/mol. The van der Waals surface area contributed by atoms with E-state index in [1.807, 2.05) is 13.8 Å². The van der Waals surface area contributed by atoms with Crippen LogP contribution >= 0.6 is 15.9 Å². The fourth-order valence-corrected chi connectivity index (χ4v) is 1.79. The van der Waals surface area contributed by atoms with E-state index in [1.54, 1.807) is 12.1 Å². The standard InChI is InChI=1S/C12H16BrNO2/c1-3-7-16-10-6-5-8(9(15)4-2)12(14)11(10)13/h5-6H,3-4,7,14H2,1-2H3. The predicted molar refractivity (Wildman–Crippen MR) is 69.0 cm³/mol. The molecular formula is C12H16BrNO2. The molecule has 0 heterocycles. The van der Waals surface area contributed by atoms with Crippen LogP contribution in [0.15, 0.2) is 16.6 Å². The Morgan fingerprint density at radius 3 is 2.69 bits per heavy atom. The average molecular weight is 286 g/mol. The number of nitrogens with two attached hydrogens (primary N) is 1. The number of ketones is 1. The van der Waals surface area contributed by atoms with Crippen molar-refractivity contribution in [2.75, 3.05) is 12.3 Å². The summed E-state index contributed by atoms with van der Waals surface area (Å²) in [5.74, 6) is 0.729. The van der Waals surface area contributed by atoms with Crippen molar-refractivity contribution in [3.05, 3.63) is 22.2 Å². The van der Waals surface area contributed by atoms with Crippen LogP contribution in [0.4, 0.5) is 5.69 Å². The number of Topliss-reactive ketones (excluding diaryl/α,β-unsaturated/α-hetero) is 1. The Balaban J connectivity index is 3.03. The molecule has 88 valence electrons. The lowest BCUT2D eigenvalue weighted by Crippen LogP contribution is -2.05. The van der Waals surface area contributed by atoms with Crippen LogP contribution < -0.4 is 10.5 Å². The number of anilines is 1. The van der Waals surface area contributed by atoms with Crippen molar-refractivity contribution in [3.63, 3.8) is 0 Å². The number of rotatable bonds is 5. The van der Waals surface area contributed by atoms with Crippen molar-refractivity contribution in [1.82, 2.24) is 0 Å². The molecule has 0 aliphatic heterocycles. The van der Waals surface area contributed by atoms with E-state index in [-0.39, 0.29) is 5.78 Å². The van der Waals surface area contributed by atoms with Crippen LogP contribution in [0.3, 0.4) is 0 Å². The molecule has 0 atom stereocenters. The summed E-state index contributed by atoms with van der Waals surface area (Å²) in [6, 6.07) is 3.50. The van der Waals surface area contributed by atoms with E-state index in [0.717, 1.165) is 6.42 Å². The van der Waals surface area contributed by atoms with Gasteiger partial charge >= 0.3 is 0 Å². The number of benzene rings is 1. The molecule has 1 aromatic rings. The van der Waals surface area contributed by atoms with Crippen molar-refractivity contribution in [1.29, 1.82) is 0 Å². The molecule has 0 bridgehead atoms. The van der Waals surface area contributed by atoms with Crippen LogP contribution in [-0.2, 0) is 0 Å². The second kappa shape index (κ2) is 5.89. The van der Waals surface area contributed by atoms with Crippen molar-refractivity contribution >= 4 is 27.4 Å². The molecule has 0 amide bonds. The fourth-order valence-electron chi connectivity index (χ4n) is 1.33. The minimum absolute atomic E-state index is 0.0419. The summed E-state index contributed by atoms with van der Waals surface area (Å²) in [6.07, 6.45) is 1.38. The first-order valence-electron chi connectivity index (χ1n) is 5.35. The van der Waals surface area contributed by atoms with E-state index in [0.29, 0.717) is 34.5 Å². The fraction of sp³-hybridized carbons (Fsp3) is 0.417. The van der Waals surface area contributed by atoms with Gasteiger partial charge in [-0.2, -0.15) is 0 Å². The first kappa shape index (κ1) is 13.0. The van der Waals surface area contributed by atoms with E-state index < -0.39 is 0 Å². The van der Waals surface area contributed by atoms with Gasteiger partial charge in [-0.15, -0.1) is 0 Å². The molecule has 0 aromatic heterocycles. The molecular weight excluding hydrogens is 270 g/mol. The largest absolute Gasteiger partial charge is 0.492 e. The van der Waals surface area contributed by atoms with Gasteiger partial charge in [0.05, 0.1) is 16.8 Å². The Morgan fingerprint density at radius 1 is 1.44 bits per heavy atom. The van der Waals surface area contributed by atoms with Gasteiger partial charge in [-0.25, -0.2) is 0 Å². The summed E-state index contributed by atoms with van der Waals surface area (Å²) in [5, 5.41) is 0. The molecule has 0 saturated carbocycles. The maximum atomic E-state index is 11.6. The highest BCUT2D eigenvalue weighted by atomic mass is 79.9. The second-order valence-corrected chi connectivity index (χ2v) is 4.26. The van der Waals surface area contributed by atoms with Gasteiger partial charge in [0.25, 0.3) is 0 Å². The van der Waals surface area contributed by atoms with Crippen molar-refractivity contribution in [2.45, 2.75) is 26.7 Å². The Labute approximate surface area is 104 Å². The van der Waals surface area contributed by atoms with Crippen LogP contribution in [0, 0.1) is 0 Å². The minimum atomic E-state index is 0.0419. The number of hydrogen-bond acceptors (Lipinski definition) is 3. The van der Waals surface area contributed by atoms with Crippen molar-refractivity contribution < 1.29 is 9.53 Å². The summed E-state index contributed by atoms with van der Waals surface area (Å²) in [5.41, 5.74) is 6.90. The molecule has 0 aliphatic rings. The number of carbonyl (C=O) groups is 1. The van der Waals surface area contributed by atoms with Crippen LogP contribution in [0.5, 0.6) is 5.75 Å². The SMILES string of the molecule is CCCOc1ccc(C(=O)CC)c(N)c1Br. The van der Waals surface area contributed by atoms with E-state index in [2.05, 4.69) is 15.9 Å². The molecule has 0 unspecified atom stereocenters.